The summed E-state index contributed by atoms with van der Waals surface area (Å²) in [5, 5.41) is 20.2. The van der Waals surface area contributed by atoms with Crippen molar-refractivity contribution in [3.8, 4) is 11.8 Å². The van der Waals surface area contributed by atoms with E-state index in [0.29, 0.717) is 42.4 Å². The third-order valence-electron chi connectivity index (χ3n) is 17.3. The van der Waals surface area contributed by atoms with Gasteiger partial charge in [0.2, 0.25) is 48.1 Å². The van der Waals surface area contributed by atoms with Gasteiger partial charge in [-0.1, -0.05) is 30.0 Å². The second kappa shape index (κ2) is 28.8. The zero-order chi connectivity index (χ0) is 68.1. The van der Waals surface area contributed by atoms with Gasteiger partial charge in [-0.25, -0.2) is 13.6 Å². The maximum Gasteiger partial charge on any atom is 0.407 e. The molecule has 10 amide bonds. The Morgan fingerprint density at radius 1 is 0.883 bits per heavy atom. The van der Waals surface area contributed by atoms with Crippen LogP contribution < -0.4 is 27.0 Å². The first-order valence-corrected chi connectivity index (χ1v) is 32.8. The van der Waals surface area contributed by atoms with E-state index in [0.717, 1.165) is 52.6 Å². The largest absolute Gasteiger partial charge is 0.465 e. The topological polar surface area (TPSA) is 351 Å². The second-order valence-corrected chi connectivity index (χ2v) is 27.8. The van der Waals surface area contributed by atoms with Crippen molar-refractivity contribution in [2.24, 2.45) is 17.1 Å². The minimum Gasteiger partial charge on any atom is -0.465 e. The minimum atomic E-state index is -5.86. The van der Waals surface area contributed by atoms with Gasteiger partial charge in [0.05, 0.1) is 16.8 Å². The first kappa shape index (κ1) is 69.6. The summed E-state index contributed by atoms with van der Waals surface area (Å²) in [5.74, 6) is -3.26. The van der Waals surface area contributed by atoms with Crippen molar-refractivity contribution in [1.29, 1.82) is 0 Å². The maximum atomic E-state index is 15.6. The number of piperidine rings is 2. The summed E-state index contributed by atoms with van der Waals surface area (Å²) in [6, 6.07) is 4.48. The van der Waals surface area contributed by atoms with Crippen LogP contribution in [0.1, 0.15) is 134 Å². The Kier molecular flexibility index (Phi) is 21.3. The number of rotatable bonds is 20. The first-order chi connectivity index (χ1) is 44.4. The number of thiophene rings is 1. The van der Waals surface area contributed by atoms with Crippen LogP contribution in [0.5, 0.6) is 0 Å². The normalized spacial score (nSPS) is 20.7. The number of likely N-dealkylation sites (tertiary alicyclic amines) is 1. The molecule has 3 aromatic carbocycles. The molecule has 31 heteroatoms. The predicted molar refractivity (Wildman–Crippen MR) is 326 cm³/mol. The van der Waals surface area contributed by atoms with Gasteiger partial charge in [-0.3, -0.25) is 62.4 Å². The number of nitrogens with two attached hydrogens (primary N) is 1. The van der Waals surface area contributed by atoms with Crippen molar-refractivity contribution in [2.75, 3.05) is 33.0 Å². The number of benzene rings is 3. The Morgan fingerprint density at radius 3 is 2.31 bits per heavy atom. The zero-order valence-corrected chi connectivity index (χ0v) is 53.1. The number of primary amides is 1. The molecule has 0 saturated carbocycles. The van der Waals surface area contributed by atoms with Gasteiger partial charge < -0.3 is 56.0 Å². The summed E-state index contributed by atoms with van der Waals surface area (Å²) >= 11 is 0.775. The van der Waals surface area contributed by atoms with Crippen molar-refractivity contribution in [3.05, 3.63) is 105 Å². The number of carbonyl (C=O) groups excluding carboxylic acids is 10. The van der Waals surface area contributed by atoms with Gasteiger partial charge >= 0.3 is 25.3 Å². The summed E-state index contributed by atoms with van der Waals surface area (Å²) < 4.78 is 82.3. The molecule has 0 spiro atoms. The molecule has 0 radical (unpaired) electrons. The van der Waals surface area contributed by atoms with Gasteiger partial charge in [0.15, 0.2) is 11.6 Å². The molecule has 9 rings (SSSR count). The lowest BCUT2D eigenvalue weighted by Crippen LogP contribution is -2.62. The molecule has 502 valence electrons. The summed E-state index contributed by atoms with van der Waals surface area (Å²) in [6.07, 6.45) is -0.0148. The Labute approximate surface area is 540 Å². The van der Waals surface area contributed by atoms with E-state index in [1.165, 1.54) is 41.5 Å². The third kappa shape index (κ3) is 15.9. The van der Waals surface area contributed by atoms with Gasteiger partial charge in [-0.15, -0.1) is 11.3 Å². The van der Waals surface area contributed by atoms with Crippen LogP contribution in [0.2, 0.25) is 0 Å². The maximum absolute atomic E-state index is 15.6. The average Bonchev–Trinajstić information content (AvgIpc) is 1.49. The molecule has 0 aliphatic carbocycles. The molecule has 4 fully saturated rings. The highest BCUT2D eigenvalue weighted by Gasteiger charge is 2.54. The van der Waals surface area contributed by atoms with Crippen molar-refractivity contribution in [1.82, 2.24) is 40.9 Å². The molecule has 4 aromatic rings. The number of alkyl halides is 2. The smallest absolute Gasteiger partial charge is 0.407 e. The van der Waals surface area contributed by atoms with E-state index in [4.69, 9.17) is 10.5 Å². The number of ether oxygens (including phenoxy) is 1. The number of amides is 10. The Hall–Kier alpha value is -8.78. The van der Waals surface area contributed by atoms with E-state index in [1.54, 1.807) is 18.2 Å². The van der Waals surface area contributed by atoms with Crippen LogP contribution in [0.15, 0.2) is 60.7 Å². The molecule has 1 aromatic heterocycles. The molecule has 5 aliphatic heterocycles. The SMILES string of the molecule is CC(C)(C)C(=O)OCOP(=O)(O)C(F)(F)c1ccc2sc(C(=O)N[C@H]3CN(C(=O)O)CC[C@H]4CC[C@@H](C(=O)N[C@@H](CCC(N)=O)C(=O)N[C@@H](Cc5ccc(F)c(F)c5)C(=O)N5CCC(CCC#Cc6cccc7c6CN(C6CCC(=O)NC6=O)C7=O)CC5)N4C3=O)cc2c1. The fourth-order valence-corrected chi connectivity index (χ4v) is 13.9. The molecule has 0 bridgehead atoms. The fraction of sp³-hybridized carbons (Fsp3) is 0.476. The molecule has 6 heterocycles. The van der Waals surface area contributed by atoms with Crippen molar-refractivity contribution >= 4 is 94.2 Å². The van der Waals surface area contributed by atoms with Crippen LogP contribution in [0, 0.1) is 34.8 Å². The number of hydrogen-bond donors (Lipinski definition) is 7. The third-order valence-corrected chi connectivity index (χ3v) is 19.8. The number of carbonyl (C=O) groups is 11. The van der Waals surface area contributed by atoms with Crippen molar-refractivity contribution in [2.45, 2.75) is 146 Å². The number of nitrogens with zero attached hydrogens (tertiary/aromatic N) is 4. The number of esters is 1. The van der Waals surface area contributed by atoms with Crippen LogP contribution in [0.3, 0.4) is 0 Å². The summed E-state index contributed by atoms with van der Waals surface area (Å²) in [7, 11) is -5.86. The molecule has 8 N–H and O–H groups in total. The number of nitrogens with one attached hydrogen (secondary N) is 4. The molecule has 25 nitrogen and oxygen atoms in total. The Morgan fingerprint density at radius 2 is 1.62 bits per heavy atom. The molecule has 2 unspecified atom stereocenters. The lowest BCUT2D eigenvalue weighted by Gasteiger charge is -2.38. The van der Waals surface area contributed by atoms with Gasteiger partial charge in [0, 0.05) is 79.3 Å². The van der Waals surface area contributed by atoms with Gasteiger partial charge in [-0.2, -0.15) is 8.78 Å². The Balaban J connectivity index is 0.856. The second-order valence-electron chi connectivity index (χ2n) is 24.8. The van der Waals surface area contributed by atoms with E-state index in [1.807, 2.05) is 0 Å². The van der Waals surface area contributed by atoms with Crippen LogP contribution in [-0.2, 0) is 70.8 Å². The van der Waals surface area contributed by atoms with E-state index in [2.05, 4.69) is 37.6 Å². The number of carboxylic acid groups (broad SMARTS) is 1. The lowest BCUT2D eigenvalue weighted by molar-refractivity contribution is -0.160. The Bertz CT molecular complexity index is 3830. The lowest BCUT2D eigenvalue weighted by atomic mass is 9.91. The van der Waals surface area contributed by atoms with E-state index >= 15 is 8.78 Å². The molecule has 7 atom stereocenters. The average molecular weight is 1350 g/mol. The van der Waals surface area contributed by atoms with Gasteiger partial charge in [0.25, 0.3) is 11.8 Å². The van der Waals surface area contributed by atoms with E-state index in [9.17, 15) is 76.1 Å². The minimum absolute atomic E-state index is 0.0107. The quantitative estimate of drug-likeness (QED) is 0.0151. The zero-order valence-electron chi connectivity index (χ0n) is 51.4. The molecular formula is C63H70F4N9O16PS. The summed E-state index contributed by atoms with van der Waals surface area (Å²) in [4.78, 5) is 162. The molecule has 4 saturated heterocycles. The van der Waals surface area contributed by atoms with Gasteiger partial charge in [0.1, 0.15) is 30.2 Å². The standard InChI is InChI=1S/C63H70F4N9O16PS/c1-62(2,3)60(86)91-33-92-93(89,90)63(66,67)38-12-18-49-37(29-38)30-50(94-49)56(82)71-46-32-74(61(87)88)26-23-39-13-16-48(76(39)59(46)85)55(81)69-44(15-19-51(68)77)53(79)70-45(28-35-11-14-42(64)43(65)27-35)58(84)73-24-21-34(22-25-73)7-4-5-8-36-9-6-10-40-41(36)31-75(57(40)83)47-17-20-52(78)72-54(47)80/h6,9-12,14,18,27,29-30,34,39,44-48H,4,7,13,15-17,19-26,28,31-33H2,1-3H3,(H2,68,77)(H,69,81)(H,70,79)(H,71,82)(H,87,88)(H,89,90)(H,72,78,80)/t39-,44+,45+,46+,47?,48+/m1/s1. The van der Waals surface area contributed by atoms with Crippen LogP contribution in [-0.4, -0.2) is 164 Å². The first-order valence-electron chi connectivity index (χ1n) is 30.4. The monoisotopic (exact) mass is 1350 g/mol. The summed E-state index contributed by atoms with van der Waals surface area (Å²) in [6.45, 7) is 2.97. The van der Waals surface area contributed by atoms with Crippen LogP contribution in [0.25, 0.3) is 10.1 Å². The highest BCUT2D eigenvalue weighted by atomic mass is 32.1. The number of halogens is 4. The summed E-state index contributed by atoms with van der Waals surface area (Å²) in [5.41, 5.74) is 0.766. The van der Waals surface area contributed by atoms with E-state index in [-0.39, 0.29) is 97.1 Å². The highest BCUT2D eigenvalue weighted by molar-refractivity contribution is 7.53. The molecule has 5 aliphatic rings. The van der Waals surface area contributed by atoms with Gasteiger partial charge in [-0.05, 0) is 137 Å². The number of fused-ring (bicyclic) bond motifs is 3. The van der Waals surface area contributed by atoms with Crippen LogP contribution >= 0.6 is 18.9 Å². The predicted octanol–water partition coefficient (Wildman–Crippen LogP) is 5.13. The number of imide groups is 1. The highest BCUT2D eigenvalue weighted by Crippen LogP contribution is 2.63. The number of hydrogen-bond acceptors (Lipinski definition) is 15. The fourth-order valence-electron chi connectivity index (χ4n) is 12.1. The van der Waals surface area contributed by atoms with E-state index < -0.39 is 158 Å². The van der Waals surface area contributed by atoms with Crippen molar-refractivity contribution < 1.29 is 94.1 Å². The molecule has 94 heavy (non-hydrogen) atoms. The van der Waals surface area contributed by atoms with Crippen LogP contribution in [0.4, 0.5) is 22.4 Å². The van der Waals surface area contributed by atoms with Crippen molar-refractivity contribution in [3.63, 3.8) is 0 Å². The molecular weight excluding hydrogens is 1280 g/mol.